The van der Waals surface area contributed by atoms with Gasteiger partial charge in [0.1, 0.15) is 17.7 Å². The number of nitrogens with zero attached hydrogens (tertiary/aromatic N) is 1. The Balaban J connectivity index is 1.56. The van der Waals surface area contributed by atoms with Gasteiger partial charge in [-0.05, 0) is 70.1 Å². The van der Waals surface area contributed by atoms with Crippen LogP contribution in [0.2, 0.25) is 0 Å². The van der Waals surface area contributed by atoms with Gasteiger partial charge in [0.15, 0.2) is 0 Å². The van der Waals surface area contributed by atoms with Gasteiger partial charge in [-0.3, -0.25) is 14.4 Å². The second-order valence-electron chi connectivity index (χ2n) is 12.6. The molecule has 0 bridgehead atoms. The zero-order valence-corrected chi connectivity index (χ0v) is 22.4. The highest BCUT2D eigenvalue weighted by Gasteiger charge is 2.69. The number of carbonyl (C=O) groups is 4. The van der Waals surface area contributed by atoms with E-state index in [1.165, 1.54) is 0 Å². The number of alkyl carbamates (subject to hydrolysis) is 1. The number of hydrogen-bond acceptors (Lipinski definition) is 6. The molecule has 4 aliphatic rings. The minimum Gasteiger partial charge on any atom is -0.444 e. The summed E-state index contributed by atoms with van der Waals surface area (Å²) in [5, 5.41) is 8.75. The van der Waals surface area contributed by atoms with E-state index in [0.717, 1.165) is 12.8 Å². The van der Waals surface area contributed by atoms with Crippen molar-refractivity contribution < 1.29 is 28.7 Å². The molecule has 0 aromatic carbocycles. The lowest BCUT2D eigenvalue weighted by molar-refractivity contribution is -0.143. The Bertz CT molecular complexity index is 899. The molecule has 0 aromatic heterocycles. The number of amides is 4. The van der Waals surface area contributed by atoms with E-state index < -0.39 is 23.8 Å². The third-order valence-corrected chi connectivity index (χ3v) is 8.34. The summed E-state index contributed by atoms with van der Waals surface area (Å²) in [4.78, 5) is 53.9. The van der Waals surface area contributed by atoms with Crippen molar-refractivity contribution in [3.8, 4) is 0 Å². The van der Waals surface area contributed by atoms with E-state index in [-0.39, 0.29) is 59.5 Å². The van der Waals surface area contributed by atoms with Crippen molar-refractivity contribution in [3.63, 3.8) is 0 Å². The molecule has 10 heteroatoms. The third-order valence-electron chi connectivity index (χ3n) is 8.34. The summed E-state index contributed by atoms with van der Waals surface area (Å²) >= 11 is 0. The third kappa shape index (κ3) is 5.48. The molecule has 3 aliphatic heterocycles. The lowest BCUT2D eigenvalue weighted by Crippen LogP contribution is -2.58. The Kier molecular flexibility index (Phi) is 7.29. The molecule has 0 spiro atoms. The van der Waals surface area contributed by atoms with Crippen molar-refractivity contribution in [2.24, 2.45) is 29.1 Å². The molecular formula is C26H42N4O6. The van der Waals surface area contributed by atoms with E-state index in [0.29, 0.717) is 26.1 Å². The van der Waals surface area contributed by atoms with Crippen molar-refractivity contribution in [2.75, 3.05) is 26.3 Å². The highest BCUT2D eigenvalue weighted by atomic mass is 16.6. The average molecular weight is 507 g/mol. The summed E-state index contributed by atoms with van der Waals surface area (Å²) in [5.41, 5.74) is -0.749. The summed E-state index contributed by atoms with van der Waals surface area (Å²) in [5.74, 6) is -0.196. The smallest absolute Gasteiger partial charge is 0.408 e. The van der Waals surface area contributed by atoms with E-state index in [1.54, 1.807) is 25.7 Å². The van der Waals surface area contributed by atoms with Crippen LogP contribution in [0.3, 0.4) is 0 Å². The van der Waals surface area contributed by atoms with E-state index >= 15 is 0 Å². The molecule has 4 rings (SSSR count). The maximum absolute atomic E-state index is 13.7. The van der Waals surface area contributed by atoms with Gasteiger partial charge in [-0.15, -0.1) is 0 Å². The van der Waals surface area contributed by atoms with Gasteiger partial charge >= 0.3 is 6.09 Å². The van der Waals surface area contributed by atoms with Crippen LogP contribution in [-0.2, 0) is 23.9 Å². The van der Waals surface area contributed by atoms with Crippen molar-refractivity contribution >= 4 is 23.8 Å². The Morgan fingerprint density at radius 1 is 1.19 bits per heavy atom. The van der Waals surface area contributed by atoms with Gasteiger partial charge in [-0.25, -0.2) is 4.79 Å². The number of ether oxygens (including phenoxy) is 2. The van der Waals surface area contributed by atoms with Crippen LogP contribution in [-0.4, -0.2) is 78.7 Å². The monoisotopic (exact) mass is 506 g/mol. The first kappa shape index (κ1) is 26.7. The summed E-state index contributed by atoms with van der Waals surface area (Å²) in [7, 11) is 0. The van der Waals surface area contributed by atoms with E-state index in [9.17, 15) is 19.2 Å². The Morgan fingerprint density at radius 2 is 1.92 bits per heavy atom. The number of nitrogens with one attached hydrogen (secondary N) is 3. The van der Waals surface area contributed by atoms with Crippen LogP contribution in [0.4, 0.5) is 4.79 Å². The maximum Gasteiger partial charge on any atom is 0.408 e. The minimum atomic E-state index is -0.958. The quantitative estimate of drug-likeness (QED) is 0.494. The van der Waals surface area contributed by atoms with Gasteiger partial charge in [0.05, 0.1) is 6.61 Å². The van der Waals surface area contributed by atoms with Gasteiger partial charge in [-0.2, -0.15) is 0 Å². The van der Waals surface area contributed by atoms with Gasteiger partial charge in [0.25, 0.3) is 0 Å². The predicted octanol–water partition coefficient (Wildman–Crippen LogP) is 1.43. The lowest BCUT2D eigenvalue weighted by atomic mass is 9.86. The molecule has 3 heterocycles. The fourth-order valence-electron chi connectivity index (χ4n) is 6.38. The second-order valence-corrected chi connectivity index (χ2v) is 12.6. The van der Waals surface area contributed by atoms with Gasteiger partial charge in [0.2, 0.25) is 17.7 Å². The highest BCUT2D eigenvalue weighted by molar-refractivity contribution is 5.93. The van der Waals surface area contributed by atoms with E-state index in [2.05, 4.69) is 29.8 Å². The fraction of sp³-hybridized carbons (Fsp3) is 0.846. The Hall–Kier alpha value is -2.36. The number of fused-ring (bicyclic) bond motifs is 4. The van der Waals surface area contributed by atoms with Crippen LogP contribution in [0.1, 0.15) is 60.8 Å². The highest BCUT2D eigenvalue weighted by Crippen LogP contribution is 2.64. The molecule has 0 aromatic rings. The van der Waals surface area contributed by atoms with E-state index in [1.807, 2.05) is 6.92 Å². The molecule has 10 nitrogen and oxygen atoms in total. The maximum atomic E-state index is 13.7. The normalized spacial score (nSPS) is 36.9. The first-order chi connectivity index (χ1) is 16.8. The molecular weight excluding hydrogens is 464 g/mol. The molecule has 3 saturated heterocycles. The molecule has 4 amide bonds. The summed E-state index contributed by atoms with van der Waals surface area (Å²) in [6, 6.07) is -1.79. The summed E-state index contributed by atoms with van der Waals surface area (Å²) in [6.45, 7) is 12.9. The van der Waals surface area contributed by atoms with Gasteiger partial charge in [0, 0.05) is 31.7 Å². The van der Waals surface area contributed by atoms with Crippen LogP contribution in [0.25, 0.3) is 0 Å². The van der Waals surface area contributed by atoms with Crippen molar-refractivity contribution in [1.29, 1.82) is 0 Å². The van der Waals surface area contributed by atoms with Crippen LogP contribution in [0.5, 0.6) is 0 Å². The van der Waals surface area contributed by atoms with Gasteiger partial charge in [-0.1, -0.05) is 13.8 Å². The second kappa shape index (κ2) is 9.84. The van der Waals surface area contributed by atoms with Crippen LogP contribution >= 0.6 is 0 Å². The van der Waals surface area contributed by atoms with Crippen molar-refractivity contribution in [3.05, 3.63) is 0 Å². The SMILES string of the molecule is C[C@@H]1C[C@@H]2C(=O)NC[C@@H]2CCCOC[C@H](NC(=O)OC(C)(C)C)C(=O)N2C[C@H]3[C@@H]([C@H]2C(=O)N1)C3(C)C. The predicted molar refractivity (Wildman–Crippen MR) is 132 cm³/mol. The topological polar surface area (TPSA) is 126 Å². The zero-order chi connectivity index (χ0) is 26.4. The summed E-state index contributed by atoms with van der Waals surface area (Å²) < 4.78 is 11.2. The molecule has 7 atom stereocenters. The van der Waals surface area contributed by atoms with Crippen molar-refractivity contribution in [2.45, 2.75) is 84.5 Å². The number of rotatable bonds is 1. The van der Waals surface area contributed by atoms with Crippen LogP contribution < -0.4 is 16.0 Å². The van der Waals surface area contributed by atoms with Crippen molar-refractivity contribution in [1.82, 2.24) is 20.9 Å². The minimum absolute atomic E-state index is 0.0106. The number of hydrogen-bond donors (Lipinski definition) is 3. The fourth-order valence-corrected chi connectivity index (χ4v) is 6.38. The molecule has 1 saturated carbocycles. The van der Waals surface area contributed by atoms with Crippen LogP contribution in [0, 0.1) is 29.1 Å². The largest absolute Gasteiger partial charge is 0.444 e. The Morgan fingerprint density at radius 3 is 2.61 bits per heavy atom. The lowest BCUT2D eigenvalue weighted by Gasteiger charge is -2.34. The van der Waals surface area contributed by atoms with Crippen LogP contribution in [0.15, 0.2) is 0 Å². The van der Waals surface area contributed by atoms with Gasteiger partial charge < -0.3 is 30.3 Å². The molecule has 1 aliphatic carbocycles. The molecule has 0 unspecified atom stereocenters. The summed E-state index contributed by atoms with van der Waals surface area (Å²) in [6.07, 6.45) is 1.40. The molecule has 4 fully saturated rings. The first-order valence-corrected chi connectivity index (χ1v) is 13.3. The first-order valence-electron chi connectivity index (χ1n) is 13.3. The molecule has 202 valence electrons. The average Bonchev–Trinajstić information content (AvgIpc) is 3.08. The molecule has 0 radical (unpaired) electrons. The molecule has 36 heavy (non-hydrogen) atoms. The number of carbonyl (C=O) groups excluding carboxylic acids is 4. The molecule has 3 N–H and O–H groups in total. The zero-order valence-electron chi connectivity index (χ0n) is 22.4. The number of piperidine rings is 1. The standard InChI is InChI=1S/C26H42N4O6/c1-14-10-16-15(11-27-21(16)31)8-7-9-35-13-18(29-24(34)36-25(2,3)4)23(33)30-12-17-19(26(17,5)6)20(30)22(32)28-14/h14-20H,7-13H2,1-6H3,(H,27,31)(H,28,32)(H,29,34)/t14-,15+,16+,17+,18+,19+,20+/m1/s1. The Labute approximate surface area is 213 Å². The van der Waals surface area contributed by atoms with E-state index in [4.69, 9.17) is 9.47 Å².